The topological polar surface area (TPSA) is 67.6 Å². The van der Waals surface area contributed by atoms with Crippen molar-refractivity contribution in [1.29, 1.82) is 0 Å². The maximum atomic E-state index is 11.9. The van der Waals surface area contributed by atoms with Gasteiger partial charge in [0, 0.05) is 13.1 Å². The molecule has 1 amide bonds. The molecular weight excluding hydrogens is 194 g/mol. The van der Waals surface area contributed by atoms with Crippen LogP contribution in [0.25, 0.3) is 0 Å². The number of hydrazine groups is 1. The van der Waals surface area contributed by atoms with Crippen LogP contribution in [0.5, 0.6) is 0 Å². The highest BCUT2D eigenvalue weighted by Gasteiger charge is 2.37. The highest BCUT2D eigenvalue weighted by molar-refractivity contribution is 5.85. The van der Waals surface area contributed by atoms with Gasteiger partial charge in [0.1, 0.15) is 0 Å². The third kappa shape index (κ3) is 2.48. The predicted octanol–water partition coefficient (Wildman–Crippen LogP) is -0.379. The van der Waals surface area contributed by atoms with E-state index in [1.54, 1.807) is 0 Å². The van der Waals surface area contributed by atoms with Crippen molar-refractivity contribution < 1.29 is 9.53 Å². The van der Waals surface area contributed by atoms with Crippen molar-refractivity contribution in [2.45, 2.75) is 31.2 Å². The SMILES string of the molecule is NC1(C(=O)NN2CCOCC2)CCCC1. The molecule has 1 aliphatic carbocycles. The molecule has 1 aliphatic heterocycles. The Morgan fingerprint density at radius 3 is 2.47 bits per heavy atom. The zero-order chi connectivity index (χ0) is 10.7. The van der Waals surface area contributed by atoms with Crippen LogP contribution in [-0.4, -0.2) is 42.8 Å². The molecule has 1 heterocycles. The Morgan fingerprint density at radius 2 is 1.87 bits per heavy atom. The largest absolute Gasteiger partial charge is 0.379 e. The van der Waals surface area contributed by atoms with E-state index >= 15 is 0 Å². The summed E-state index contributed by atoms with van der Waals surface area (Å²) in [6, 6.07) is 0. The summed E-state index contributed by atoms with van der Waals surface area (Å²) in [5.41, 5.74) is 8.31. The van der Waals surface area contributed by atoms with Crippen LogP contribution in [0.1, 0.15) is 25.7 Å². The van der Waals surface area contributed by atoms with Crippen LogP contribution in [0.2, 0.25) is 0 Å². The average Bonchev–Trinajstić information content (AvgIpc) is 2.68. The number of morpholine rings is 1. The number of nitrogens with two attached hydrogens (primary N) is 1. The van der Waals surface area contributed by atoms with Gasteiger partial charge in [-0.15, -0.1) is 0 Å². The molecule has 2 fully saturated rings. The lowest BCUT2D eigenvalue weighted by Crippen LogP contribution is -2.58. The smallest absolute Gasteiger partial charge is 0.254 e. The summed E-state index contributed by atoms with van der Waals surface area (Å²) in [6.07, 6.45) is 3.74. The molecule has 0 aromatic rings. The van der Waals surface area contributed by atoms with E-state index in [9.17, 15) is 4.79 Å². The number of nitrogens with zero attached hydrogens (tertiary/aromatic N) is 1. The number of ether oxygens (including phenoxy) is 1. The predicted molar refractivity (Wildman–Crippen MR) is 55.9 cm³/mol. The van der Waals surface area contributed by atoms with Gasteiger partial charge in [0.2, 0.25) is 0 Å². The summed E-state index contributed by atoms with van der Waals surface area (Å²) in [7, 11) is 0. The van der Waals surface area contributed by atoms with Crippen LogP contribution in [0, 0.1) is 0 Å². The van der Waals surface area contributed by atoms with E-state index < -0.39 is 5.54 Å². The number of nitrogens with one attached hydrogen (secondary N) is 1. The van der Waals surface area contributed by atoms with Crippen LogP contribution in [0.3, 0.4) is 0 Å². The summed E-state index contributed by atoms with van der Waals surface area (Å²) in [6.45, 7) is 2.86. The highest BCUT2D eigenvalue weighted by Crippen LogP contribution is 2.27. The van der Waals surface area contributed by atoms with Gasteiger partial charge >= 0.3 is 0 Å². The second-order valence-corrected chi connectivity index (χ2v) is 4.40. The fourth-order valence-corrected chi connectivity index (χ4v) is 2.16. The number of amides is 1. The Morgan fingerprint density at radius 1 is 1.27 bits per heavy atom. The van der Waals surface area contributed by atoms with Crippen molar-refractivity contribution in [2.75, 3.05) is 26.3 Å². The Balaban J connectivity index is 1.85. The van der Waals surface area contributed by atoms with Gasteiger partial charge in [-0.2, -0.15) is 0 Å². The van der Waals surface area contributed by atoms with Gasteiger partial charge in [-0.05, 0) is 12.8 Å². The van der Waals surface area contributed by atoms with Crippen LogP contribution >= 0.6 is 0 Å². The third-order valence-corrected chi connectivity index (χ3v) is 3.22. The summed E-state index contributed by atoms with van der Waals surface area (Å²) in [5.74, 6) is -0.0260. The summed E-state index contributed by atoms with van der Waals surface area (Å²) in [4.78, 5) is 11.9. The molecule has 0 aromatic carbocycles. The van der Waals surface area contributed by atoms with Gasteiger partial charge in [-0.25, -0.2) is 5.01 Å². The number of hydrogen-bond donors (Lipinski definition) is 2. The molecule has 86 valence electrons. The van der Waals surface area contributed by atoms with Crippen molar-refractivity contribution in [3.05, 3.63) is 0 Å². The van der Waals surface area contributed by atoms with E-state index in [-0.39, 0.29) is 5.91 Å². The first-order valence-electron chi connectivity index (χ1n) is 5.63. The molecule has 1 saturated carbocycles. The van der Waals surface area contributed by atoms with Gasteiger partial charge in [0.15, 0.2) is 0 Å². The van der Waals surface area contributed by atoms with Gasteiger partial charge < -0.3 is 10.5 Å². The Labute approximate surface area is 89.9 Å². The first-order valence-corrected chi connectivity index (χ1v) is 5.63. The van der Waals surface area contributed by atoms with E-state index in [4.69, 9.17) is 10.5 Å². The van der Waals surface area contributed by atoms with E-state index in [0.29, 0.717) is 13.2 Å². The van der Waals surface area contributed by atoms with Gasteiger partial charge in [-0.1, -0.05) is 12.8 Å². The van der Waals surface area contributed by atoms with Crippen LogP contribution in [-0.2, 0) is 9.53 Å². The third-order valence-electron chi connectivity index (χ3n) is 3.22. The number of rotatable bonds is 2. The lowest BCUT2D eigenvalue weighted by molar-refractivity contribution is -0.133. The normalized spacial score (nSPS) is 26.5. The Bertz CT molecular complexity index is 233. The van der Waals surface area contributed by atoms with Crippen LogP contribution in [0.4, 0.5) is 0 Å². The first kappa shape index (κ1) is 10.9. The molecular formula is C10H19N3O2. The molecule has 0 bridgehead atoms. The minimum absolute atomic E-state index is 0.0260. The summed E-state index contributed by atoms with van der Waals surface area (Å²) < 4.78 is 5.21. The lowest BCUT2D eigenvalue weighted by Gasteiger charge is -2.31. The van der Waals surface area contributed by atoms with Crippen molar-refractivity contribution in [3.63, 3.8) is 0 Å². The number of carbonyl (C=O) groups excluding carboxylic acids is 1. The number of hydrogen-bond acceptors (Lipinski definition) is 4. The second kappa shape index (κ2) is 4.47. The Kier molecular flexibility index (Phi) is 3.23. The van der Waals surface area contributed by atoms with Crippen LogP contribution < -0.4 is 11.2 Å². The zero-order valence-corrected chi connectivity index (χ0v) is 9.00. The maximum absolute atomic E-state index is 11.9. The monoisotopic (exact) mass is 213 g/mol. The van der Waals surface area contributed by atoms with Gasteiger partial charge in [0.05, 0.1) is 18.8 Å². The number of carbonyl (C=O) groups is 1. The quantitative estimate of drug-likeness (QED) is 0.656. The minimum atomic E-state index is -0.627. The van der Waals surface area contributed by atoms with Crippen molar-refractivity contribution >= 4 is 5.91 Å². The average molecular weight is 213 g/mol. The minimum Gasteiger partial charge on any atom is -0.379 e. The highest BCUT2D eigenvalue weighted by atomic mass is 16.5. The molecule has 0 unspecified atom stereocenters. The first-order chi connectivity index (χ1) is 7.21. The molecule has 3 N–H and O–H groups in total. The second-order valence-electron chi connectivity index (χ2n) is 4.40. The summed E-state index contributed by atoms with van der Waals surface area (Å²) >= 11 is 0. The van der Waals surface area contributed by atoms with E-state index in [1.165, 1.54) is 0 Å². The van der Waals surface area contributed by atoms with E-state index in [2.05, 4.69) is 5.43 Å². The Hall–Kier alpha value is -0.650. The maximum Gasteiger partial charge on any atom is 0.254 e. The molecule has 0 atom stereocenters. The fraction of sp³-hybridized carbons (Fsp3) is 0.900. The van der Waals surface area contributed by atoms with E-state index in [1.807, 2.05) is 5.01 Å². The zero-order valence-electron chi connectivity index (χ0n) is 9.00. The molecule has 0 aromatic heterocycles. The molecule has 0 radical (unpaired) electrons. The lowest BCUT2D eigenvalue weighted by atomic mass is 9.99. The van der Waals surface area contributed by atoms with Gasteiger partial charge in [-0.3, -0.25) is 10.2 Å². The molecule has 15 heavy (non-hydrogen) atoms. The van der Waals surface area contributed by atoms with Crippen molar-refractivity contribution in [3.8, 4) is 0 Å². The summed E-state index contributed by atoms with van der Waals surface area (Å²) in [5, 5.41) is 1.90. The molecule has 1 saturated heterocycles. The molecule has 5 nitrogen and oxygen atoms in total. The molecule has 5 heteroatoms. The standard InChI is InChI=1S/C10H19N3O2/c11-10(3-1-2-4-10)9(14)12-13-5-7-15-8-6-13/h1-8,11H2,(H,12,14). The molecule has 0 spiro atoms. The van der Waals surface area contributed by atoms with Crippen molar-refractivity contribution in [2.24, 2.45) is 5.73 Å². The van der Waals surface area contributed by atoms with E-state index in [0.717, 1.165) is 38.8 Å². The molecule has 2 aliphatic rings. The molecule has 2 rings (SSSR count). The van der Waals surface area contributed by atoms with Crippen LogP contribution in [0.15, 0.2) is 0 Å². The van der Waals surface area contributed by atoms with Gasteiger partial charge in [0.25, 0.3) is 5.91 Å². The fourth-order valence-electron chi connectivity index (χ4n) is 2.16. The van der Waals surface area contributed by atoms with Crippen molar-refractivity contribution in [1.82, 2.24) is 10.4 Å².